The lowest BCUT2D eigenvalue weighted by molar-refractivity contribution is -0.141. The molecule has 1 aromatic carbocycles. The number of hydrazine groups is 1. The second kappa shape index (κ2) is 9.11. The molecule has 8 nitrogen and oxygen atoms in total. The smallest absolute Gasteiger partial charge is 0.435 e. The van der Waals surface area contributed by atoms with Gasteiger partial charge < -0.3 is 9.47 Å². The number of benzene rings is 1. The maximum absolute atomic E-state index is 12.5. The minimum absolute atomic E-state index is 0.425. The molecule has 2 aromatic rings. The molecule has 2 N–H and O–H groups in total. The average Bonchev–Trinajstić information content (AvgIpc) is 3.10. The first-order valence-electron chi connectivity index (χ1n) is 8.28. The van der Waals surface area contributed by atoms with Gasteiger partial charge in [-0.3, -0.25) is 25.1 Å². The second-order valence-corrected chi connectivity index (χ2v) is 5.60. The molecular weight excluding hydrogens is 381 g/mol. The Kier molecular flexibility index (Phi) is 6.85. The molecule has 1 aromatic heterocycles. The summed E-state index contributed by atoms with van der Waals surface area (Å²) < 4.78 is 48.9. The molecule has 28 heavy (non-hydrogen) atoms. The van der Waals surface area contributed by atoms with Crippen molar-refractivity contribution in [3.63, 3.8) is 0 Å². The predicted molar refractivity (Wildman–Crippen MR) is 91.2 cm³/mol. The topological polar surface area (TPSA) is 94.5 Å². The number of hydrogen-bond acceptors (Lipinski definition) is 5. The highest BCUT2D eigenvalue weighted by Gasteiger charge is 2.33. The van der Waals surface area contributed by atoms with Gasteiger partial charge in [0.15, 0.2) is 11.8 Å². The zero-order valence-corrected chi connectivity index (χ0v) is 15.1. The number of nitrogens with one attached hydrogen (secondary N) is 2. The maximum atomic E-state index is 12.5. The molecule has 2 amide bonds. The number of carbonyl (C=O) groups excluding carboxylic acids is 2. The van der Waals surface area contributed by atoms with Gasteiger partial charge in [0, 0.05) is 6.20 Å². The molecule has 0 aliphatic heterocycles. The normalized spacial score (nSPS) is 12.2. The molecule has 0 aliphatic carbocycles. The van der Waals surface area contributed by atoms with E-state index < -0.39 is 36.3 Å². The Balaban J connectivity index is 1.78. The lowest BCUT2D eigenvalue weighted by Gasteiger charge is -2.15. The summed E-state index contributed by atoms with van der Waals surface area (Å²) in [7, 11) is 0. The summed E-state index contributed by atoms with van der Waals surface area (Å²) in [4.78, 5) is 23.7. The molecule has 0 unspecified atom stereocenters. The largest absolute Gasteiger partial charge is 0.494 e. The number of aromatic nitrogens is 2. The van der Waals surface area contributed by atoms with E-state index in [0.717, 1.165) is 16.9 Å². The molecule has 2 rings (SSSR count). The maximum Gasteiger partial charge on any atom is 0.435 e. The summed E-state index contributed by atoms with van der Waals surface area (Å²) in [5, 5.41) is 3.24. The third-order valence-corrected chi connectivity index (χ3v) is 3.38. The van der Waals surface area contributed by atoms with Gasteiger partial charge in [-0.2, -0.15) is 18.3 Å². The Morgan fingerprint density at radius 2 is 1.79 bits per heavy atom. The van der Waals surface area contributed by atoms with Crippen LogP contribution in [0.25, 0.3) is 0 Å². The van der Waals surface area contributed by atoms with Crippen molar-refractivity contribution >= 4 is 11.8 Å². The van der Waals surface area contributed by atoms with Crippen molar-refractivity contribution in [1.29, 1.82) is 0 Å². The van der Waals surface area contributed by atoms with Crippen molar-refractivity contribution in [2.24, 2.45) is 0 Å². The number of alkyl halides is 3. The minimum Gasteiger partial charge on any atom is -0.494 e. The molecule has 11 heteroatoms. The zero-order valence-electron chi connectivity index (χ0n) is 15.1. The van der Waals surface area contributed by atoms with Gasteiger partial charge >= 0.3 is 6.18 Å². The van der Waals surface area contributed by atoms with E-state index in [1.54, 1.807) is 24.3 Å². The van der Waals surface area contributed by atoms with Crippen LogP contribution in [0, 0.1) is 0 Å². The third kappa shape index (κ3) is 6.18. The van der Waals surface area contributed by atoms with Crippen molar-refractivity contribution in [2.45, 2.75) is 32.7 Å². The van der Waals surface area contributed by atoms with Crippen molar-refractivity contribution in [3.8, 4) is 11.5 Å². The number of nitrogens with zero attached hydrogens (tertiary/aromatic N) is 2. The quantitative estimate of drug-likeness (QED) is 0.693. The van der Waals surface area contributed by atoms with Crippen LogP contribution >= 0.6 is 0 Å². The summed E-state index contributed by atoms with van der Waals surface area (Å²) in [5.74, 6) is -0.308. The van der Waals surface area contributed by atoms with Crippen LogP contribution in [0.1, 0.15) is 19.5 Å². The van der Waals surface area contributed by atoms with Crippen molar-refractivity contribution in [3.05, 3.63) is 42.2 Å². The van der Waals surface area contributed by atoms with Crippen LogP contribution in [0.2, 0.25) is 0 Å². The summed E-state index contributed by atoms with van der Waals surface area (Å²) in [6.07, 6.45) is -4.51. The van der Waals surface area contributed by atoms with Crippen molar-refractivity contribution in [2.75, 3.05) is 6.61 Å². The fraction of sp³-hybridized carbons (Fsp3) is 0.353. The Morgan fingerprint density at radius 3 is 2.36 bits per heavy atom. The molecule has 0 saturated carbocycles. The minimum atomic E-state index is -4.59. The highest BCUT2D eigenvalue weighted by molar-refractivity contribution is 5.84. The Morgan fingerprint density at radius 1 is 1.14 bits per heavy atom. The molecule has 0 spiro atoms. The molecule has 1 atom stereocenters. The van der Waals surface area contributed by atoms with Crippen LogP contribution in [-0.2, 0) is 22.3 Å². The fourth-order valence-corrected chi connectivity index (χ4v) is 2.06. The van der Waals surface area contributed by atoms with E-state index in [1.807, 2.05) is 6.92 Å². The van der Waals surface area contributed by atoms with Gasteiger partial charge in [0.1, 0.15) is 18.0 Å². The van der Waals surface area contributed by atoms with Crippen molar-refractivity contribution in [1.82, 2.24) is 20.6 Å². The Labute approximate surface area is 158 Å². The number of rotatable bonds is 7. The van der Waals surface area contributed by atoms with Gasteiger partial charge in [-0.05, 0) is 44.2 Å². The van der Waals surface area contributed by atoms with Gasteiger partial charge in [-0.15, -0.1) is 0 Å². The van der Waals surface area contributed by atoms with E-state index in [0.29, 0.717) is 18.1 Å². The summed E-state index contributed by atoms with van der Waals surface area (Å²) >= 11 is 0. The molecule has 0 saturated heterocycles. The first-order chi connectivity index (χ1) is 13.2. The Bertz CT molecular complexity index is 805. The first kappa shape index (κ1) is 21.1. The average molecular weight is 400 g/mol. The van der Waals surface area contributed by atoms with E-state index in [-0.39, 0.29) is 0 Å². The van der Waals surface area contributed by atoms with E-state index in [9.17, 15) is 22.8 Å². The highest BCUT2D eigenvalue weighted by atomic mass is 19.4. The molecular formula is C17H19F3N4O4. The van der Waals surface area contributed by atoms with E-state index >= 15 is 0 Å². The standard InChI is InChI=1S/C17H19F3N4O4/c1-3-27-12-4-6-13(7-5-12)28-11(2)16(26)22-21-15(25)10-24-9-8-14(23-24)17(18,19)20/h4-9,11H,3,10H2,1-2H3,(H,21,25)(H,22,26)/t11-/m1/s1. The van der Waals surface area contributed by atoms with Crippen LogP contribution in [0.3, 0.4) is 0 Å². The lowest BCUT2D eigenvalue weighted by atomic mass is 10.3. The number of hydrogen-bond donors (Lipinski definition) is 2. The van der Waals surface area contributed by atoms with Gasteiger partial charge in [0.05, 0.1) is 6.61 Å². The Hall–Kier alpha value is -3.24. The molecule has 152 valence electrons. The van der Waals surface area contributed by atoms with E-state index in [2.05, 4.69) is 16.0 Å². The zero-order chi connectivity index (χ0) is 20.7. The van der Waals surface area contributed by atoms with Gasteiger partial charge in [-0.25, -0.2) is 0 Å². The summed E-state index contributed by atoms with van der Waals surface area (Å²) in [5.41, 5.74) is 3.12. The van der Waals surface area contributed by atoms with Crippen LogP contribution in [0.4, 0.5) is 13.2 Å². The number of carbonyl (C=O) groups is 2. The van der Waals surface area contributed by atoms with Crippen LogP contribution in [-0.4, -0.2) is 34.3 Å². The number of halogens is 3. The SMILES string of the molecule is CCOc1ccc(O[C@H](C)C(=O)NNC(=O)Cn2ccc(C(F)(F)F)n2)cc1. The van der Waals surface area contributed by atoms with Crippen LogP contribution in [0.5, 0.6) is 11.5 Å². The lowest BCUT2D eigenvalue weighted by Crippen LogP contribution is -2.48. The molecule has 0 fully saturated rings. The highest BCUT2D eigenvalue weighted by Crippen LogP contribution is 2.27. The van der Waals surface area contributed by atoms with Gasteiger partial charge in [0.25, 0.3) is 11.8 Å². The number of ether oxygens (including phenoxy) is 2. The fourth-order valence-electron chi connectivity index (χ4n) is 2.06. The van der Waals surface area contributed by atoms with Crippen molar-refractivity contribution < 1.29 is 32.2 Å². The van der Waals surface area contributed by atoms with Crippen LogP contribution in [0.15, 0.2) is 36.5 Å². The van der Waals surface area contributed by atoms with Crippen LogP contribution < -0.4 is 20.3 Å². The number of amides is 2. The van der Waals surface area contributed by atoms with E-state index in [4.69, 9.17) is 9.47 Å². The van der Waals surface area contributed by atoms with Gasteiger partial charge in [0.2, 0.25) is 0 Å². The molecule has 0 radical (unpaired) electrons. The third-order valence-electron chi connectivity index (χ3n) is 3.38. The molecule has 1 heterocycles. The summed E-state index contributed by atoms with van der Waals surface area (Å²) in [6.45, 7) is 3.35. The monoisotopic (exact) mass is 400 g/mol. The second-order valence-electron chi connectivity index (χ2n) is 5.60. The molecule has 0 aliphatic rings. The predicted octanol–water partition coefficient (Wildman–Crippen LogP) is 1.92. The first-order valence-corrected chi connectivity index (χ1v) is 8.28. The molecule has 0 bridgehead atoms. The van der Waals surface area contributed by atoms with E-state index in [1.165, 1.54) is 6.92 Å². The van der Waals surface area contributed by atoms with Gasteiger partial charge in [-0.1, -0.05) is 0 Å². The summed E-state index contributed by atoms with van der Waals surface area (Å²) in [6, 6.07) is 7.38.